The van der Waals surface area contributed by atoms with Crippen LogP contribution in [0, 0.1) is 0 Å². The second-order valence-electron chi connectivity index (χ2n) is 2.31. The van der Waals surface area contributed by atoms with Crippen LogP contribution in [0.15, 0.2) is 0 Å². The van der Waals surface area contributed by atoms with E-state index in [1.165, 1.54) is 0 Å². The van der Waals surface area contributed by atoms with Gasteiger partial charge in [0.15, 0.2) is 0 Å². The minimum atomic E-state index is -1.56. The van der Waals surface area contributed by atoms with Gasteiger partial charge in [0.05, 0.1) is 13.2 Å². The Bertz CT molecular complexity index is 151. The smallest absolute Gasteiger partial charge is 0.116 e. The maximum absolute atomic E-state index is 9.07. The zero-order chi connectivity index (χ0) is 9.72. The molecule has 0 aliphatic heterocycles. The first-order valence-corrected chi connectivity index (χ1v) is 3.74. The van der Waals surface area contributed by atoms with Gasteiger partial charge in [0.2, 0.25) is 0 Å². The average Bonchev–Trinajstić information content (AvgIpc) is 2.12. The number of thiocarbonyl (C=S) groups is 1. The molecular weight excluding hydrogens is 184 g/mol. The number of hydrogen-bond acceptors (Lipinski definition) is 6. The molecule has 0 bridgehead atoms. The van der Waals surface area contributed by atoms with Gasteiger partial charge in [-0.1, -0.05) is 12.2 Å². The van der Waals surface area contributed by atoms with Gasteiger partial charge in [0, 0.05) is 4.86 Å². The highest BCUT2D eigenvalue weighted by Crippen LogP contribution is 2.02. The molecule has 0 aliphatic carbocycles. The monoisotopic (exact) mass is 196 g/mol. The molecule has 0 unspecified atom stereocenters. The molecule has 0 heterocycles. The SMILES string of the molecule is OCC(=S)[C@H](O)[C@@H](O)[C@H](O)CO. The van der Waals surface area contributed by atoms with Crippen LogP contribution < -0.4 is 0 Å². The van der Waals surface area contributed by atoms with Crippen LogP contribution >= 0.6 is 12.2 Å². The zero-order valence-electron chi connectivity index (χ0n) is 6.29. The normalized spacial score (nSPS) is 18.4. The fraction of sp³-hybridized carbons (Fsp3) is 0.833. The Morgan fingerprint density at radius 1 is 1.17 bits per heavy atom. The van der Waals surface area contributed by atoms with E-state index in [9.17, 15) is 0 Å². The Hall–Kier alpha value is -0.110. The minimum Gasteiger partial charge on any atom is -0.394 e. The van der Waals surface area contributed by atoms with Crippen molar-refractivity contribution in [3.05, 3.63) is 0 Å². The summed E-state index contributed by atoms with van der Waals surface area (Å²) in [6.45, 7) is -1.22. The van der Waals surface area contributed by atoms with Gasteiger partial charge in [-0.2, -0.15) is 0 Å². The summed E-state index contributed by atoms with van der Waals surface area (Å²) in [5.74, 6) is 0. The van der Waals surface area contributed by atoms with Crippen molar-refractivity contribution in [3.63, 3.8) is 0 Å². The lowest BCUT2D eigenvalue weighted by atomic mass is 10.1. The van der Waals surface area contributed by atoms with Gasteiger partial charge in [-0.25, -0.2) is 0 Å². The maximum Gasteiger partial charge on any atom is 0.116 e. The standard InChI is InChI=1S/C6H12O5S/c7-1-3(9)5(10)6(11)4(12)2-8/h3,5-11H,1-2H2/t3-,5+,6+/m1/s1. The van der Waals surface area contributed by atoms with E-state index < -0.39 is 31.5 Å². The van der Waals surface area contributed by atoms with Crippen LogP contribution in [0.4, 0.5) is 0 Å². The molecule has 0 saturated heterocycles. The van der Waals surface area contributed by atoms with Crippen LogP contribution in [0.1, 0.15) is 0 Å². The van der Waals surface area contributed by atoms with E-state index in [-0.39, 0.29) is 4.86 Å². The van der Waals surface area contributed by atoms with Gasteiger partial charge < -0.3 is 25.5 Å². The molecule has 0 spiro atoms. The average molecular weight is 196 g/mol. The highest BCUT2D eigenvalue weighted by molar-refractivity contribution is 7.80. The third-order valence-corrected chi connectivity index (χ3v) is 1.76. The molecule has 0 amide bonds. The summed E-state index contributed by atoms with van der Waals surface area (Å²) < 4.78 is 0. The molecule has 0 aromatic rings. The van der Waals surface area contributed by atoms with E-state index in [1.54, 1.807) is 0 Å². The third kappa shape index (κ3) is 3.10. The molecule has 3 atom stereocenters. The summed E-state index contributed by atoms with van der Waals surface area (Å²) in [6, 6.07) is 0. The van der Waals surface area contributed by atoms with Gasteiger partial charge in [-0.15, -0.1) is 0 Å². The number of aliphatic hydroxyl groups is 5. The Balaban J connectivity index is 4.08. The molecule has 72 valence electrons. The second-order valence-corrected chi connectivity index (χ2v) is 2.83. The number of rotatable bonds is 5. The van der Waals surface area contributed by atoms with E-state index >= 15 is 0 Å². The molecule has 0 fully saturated rings. The lowest BCUT2D eigenvalue weighted by Crippen LogP contribution is -2.44. The highest BCUT2D eigenvalue weighted by atomic mass is 32.1. The van der Waals surface area contributed by atoms with Crippen molar-refractivity contribution in [2.24, 2.45) is 0 Å². The van der Waals surface area contributed by atoms with Crippen molar-refractivity contribution >= 4 is 17.1 Å². The van der Waals surface area contributed by atoms with E-state index in [4.69, 9.17) is 25.5 Å². The minimum absolute atomic E-state index is 0.171. The predicted molar refractivity (Wildman–Crippen MR) is 44.8 cm³/mol. The largest absolute Gasteiger partial charge is 0.394 e. The first kappa shape index (κ1) is 11.9. The van der Waals surface area contributed by atoms with Gasteiger partial charge >= 0.3 is 0 Å². The fourth-order valence-electron chi connectivity index (χ4n) is 0.602. The van der Waals surface area contributed by atoms with E-state index in [0.29, 0.717) is 0 Å². The molecule has 0 aromatic heterocycles. The summed E-state index contributed by atoms with van der Waals surface area (Å²) in [5, 5.41) is 43.8. The Morgan fingerprint density at radius 3 is 2.00 bits per heavy atom. The van der Waals surface area contributed by atoms with Gasteiger partial charge in [-0.05, 0) is 0 Å². The lowest BCUT2D eigenvalue weighted by Gasteiger charge is -2.21. The third-order valence-electron chi connectivity index (χ3n) is 1.39. The van der Waals surface area contributed by atoms with Crippen molar-refractivity contribution < 1.29 is 25.5 Å². The molecule has 0 saturated carbocycles. The molecule has 0 aromatic carbocycles. The molecule has 6 heteroatoms. The summed E-state index contributed by atoms with van der Waals surface area (Å²) >= 11 is 4.47. The molecule has 5 nitrogen and oxygen atoms in total. The quantitative estimate of drug-likeness (QED) is 0.310. The summed E-state index contributed by atoms with van der Waals surface area (Å²) in [6.07, 6.45) is -4.51. The molecule has 0 radical (unpaired) electrons. The van der Waals surface area contributed by atoms with E-state index in [2.05, 4.69) is 12.2 Å². The van der Waals surface area contributed by atoms with Crippen LogP contribution in [0.3, 0.4) is 0 Å². The van der Waals surface area contributed by atoms with Crippen LogP contribution in [0.25, 0.3) is 0 Å². The first-order chi connectivity index (χ1) is 5.54. The van der Waals surface area contributed by atoms with Crippen molar-refractivity contribution in [1.82, 2.24) is 0 Å². The van der Waals surface area contributed by atoms with Crippen molar-refractivity contribution in [1.29, 1.82) is 0 Å². The summed E-state index contributed by atoms with van der Waals surface area (Å²) in [4.78, 5) is -0.171. The van der Waals surface area contributed by atoms with Crippen molar-refractivity contribution in [2.45, 2.75) is 18.3 Å². The summed E-state index contributed by atoms with van der Waals surface area (Å²) in [5.41, 5.74) is 0. The van der Waals surface area contributed by atoms with Gasteiger partial charge in [0.25, 0.3) is 0 Å². The topological polar surface area (TPSA) is 101 Å². The Morgan fingerprint density at radius 2 is 1.67 bits per heavy atom. The maximum atomic E-state index is 9.07. The fourth-order valence-corrected chi connectivity index (χ4v) is 0.742. The van der Waals surface area contributed by atoms with Crippen LogP contribution in [0.2, 0.25) is 0 Å². The summed E-state index contributed by atoms with van der Waals surface area (Å²) in [7, 11) is 0. The van der Waals surface area contributed by atoms with Crippen LogP contribution in [-0.2, 0) is 0 Å². The Labute approximate surface area is 74.9 Å². The first-order valence-electron chi connectivity index (χ1n) is 3.33. The zero-order valence-corrected chi connectivity index (χ0v) is 7.11. The van der Waals surface area contributed by atoms with Crippen LogP contribution in [-0.4, -0.2) is 61.9 Å². The molecular formula is C6H12O5S. The molecule has 12 heavy (non-hydrogen) atoms. The second kappa shape index (κ2) is 5.52. The van der Waals surface area contributed by atoms with E-state index in [0.717, 1.165) is 0 Å². The molecule has 0 aliphatic rings. The predicted octanol–water partition coefficient (Wildman–Crippen LogP) is -2.58. The van der Waals surface area contributed by atoms with Crippen LogP contribution in [0.5, 0.6) is 0 Å². The molecule has 5 N–H and O–H groups in total. The number of hydrogen-bond donors (Lipinski definition) is 5. The van der Waals surface area contributed by atoms with E-state index in [1.807, 2.05) is 0 Å². The van der Waals surface area contributed by atoms with Gasteiger partial charge in [0.1, 0.15) is 18.3 Å². The number of aliphatic hydroxyl groups excluding tert-OH is 5. The van der Waals surface area contributed by atoms with Crippen molar-refractivity contribution in [3.8, 4) is 0 Å². The lowest BCUT2D eigenvalue weighted by molar-refractivity contribution is -0.0557. The van der Waals surface area contributed by atoms with Gasteiger partial charge in [-0.3, -0.25) is 0 Å². The molecule has 0 rings (SSSR count). The Kier molecular flexibility index (Phi) is 5.47. The highest BCUT2D eigenvalue weighted by Gasteiger charge is 2.26. The van der Waals surface area contributed by atoms with Crippen molar-refractivity contribution in [2.75, 3.05) is 13.2 Å².